The molecule has 7 nitrogen and oxygen atoms in total. The monoisotopic (exact) mass is 294 g/mol. The van der Waals surface area contributed by atoms with Crippen molar-refractivity contribution in [1.29, 1.82) is 0 Å². The fourth-order valence-corrected chi connectivity index (χ4v) is 2.09. The van der Waals surface area contributed by atoms with Crippen LogP contribution in [-0.2, 0) is 14.6 Å². The summed E-state index contributed by atoms with van der Waals surface area (Å²) in [5, 5.41) is 15.9. The lowest BCUT2D eigenvalue weighted by molar-refractivity contribution is -0.131. The molecule has 0 fully saturated rings. The second-order valence-corrected chi connectivity index (χ2v) is 5.93. The van der Waals surface area contributed by atoms with Gasteiger partial charge in [0, 0.05) is 24.0 Å². The molecule has 0 aliphatic heterocycles. The van der Waals surface area contributed by atoms with Gasteiger partial charge in [-0.25, -0.2) is 13.2 Å². The number of carbonyl (C=O) groups is 1. The molecule has 0 aliphatic rings. The summed E-state index contributed by atoms with van der Waals surface area (Å²) in [5.74, 6) is -1.00. The van der Waals surface area contributed by atoms with Crippen LogP contribution < -0.4 is 0 Å². The minimum atomic E-state index is -3.33. The Morgan fingerprint density at radius 2 is 2.10 bits per heavy atom. The molecular weight excluding hydrogens is 284 g/mol. The molecule has 0 spiro atoms. The molecule has 1 aromatic carbocycles. The van der Waals surface area contributed by atoms with Gasteiger partial charge in [-0.05, 0) is 18.2 Å². The van der Waals surface area contributed by atoms with Crippen molar-refractivity contribution < 1.29 is 22.7 Å². The van der Waals surface area contributed by atoms with Crippen LogP contribution in [0.1, 0.15) is 5.89 Å². The van der Waals surface area contributed by atoms with Gasteiger partial charge in [0.15, 0.2) is 9.84 Å². The summed E-state index contributed by atoms with van der Waals surface area (Å²) in [7, 11) is -3.33. The van der Waals surface area contributed by atoms with E-state index in [4.69, 9.17) is 9.52 Å². The maximum absolute atomic E-state index is 11.5. The highest BCUT2D eigenvalue weighted by Crippen LogP contribution is 2.21. The van der Waals surface area contributed by atoms with Gasteiger partial charge in [-0.2, -0.15) is 0 Å². The van der Waals surface area contributed by atoms with E-state index in [-0.39, 0.29) is 16.7 Å². The van der Waals surface area contributed by atoms with Gasteiger partial charge in [0.05, 0.1) is 4.90 Å². The number of carboxylic acids is 1. The van der Waals surface area contributed by atoms with Crippen LogP contribution in [0, 0.1) is 0 Å². The molecule has 0 aliphatic carbocycles. The average Bonchev–Trinajstić information content (AvgIpc) is 2.84. The Balaban J connectivity index is 2.36. The summed E-state index contributed by atoms with van der Waals surface area (Å²) in [4.78, 5) is 10.5. The maximum Gasteiger partial charge on any atom is 0.328 e. The predicted octanol–water partition coefficient (Wildman–Crippen LogP) is 1.24. The lowest BCUT2D eigenvalue weighted by Gasteiger charge is -1.99. The summed E-state index contributed by atoms with van der Waals surface area (Å²) in [5.41, 5.74) is 0.440. The molecule has 0 bridgehead atoms. The van der Waals surface area contributed by atoms with Gasteiger partial charge in [0.25, 0.3) is 0 Å². The molecule has 104 valence electrons. The molecule has 1 N–H and O–H groups in total. The van der Waals surface area contributed by atoms with E-state index in [9.17, 15) is 13.2 Å². The largest absolute Gasteiger partial charge is 0.478 e. The van der Waals surface area contributed by atoms with Crippen molar-refractivity contribution in [2.24, 2.45) is 0 Å². The van der Waals surface area contributed by atoms with Crippen LogP contribution >= 0.6 is 0 Å². The van der Waals surface area contributed by atoms with E-state index < -0.39 is 15.8 Å². The fourth-order valence-electron chi connectivity index (χ4n) is 1.42. The number of aliphatic carboxylic acids is 1. The summed E-state index contributed by atoms with van der Waals surface area (Å²) >= 11 is 0. The van der Waals surface area contributed by atoms with Gasteiger partial charge in [-0.3, -0.25) is 0 Å². The Morgan fingerprint density at radius 1 is 1.35 bits per heavy atom. The summed E-state index contributed by atoms with van der Waals surface area (Å²) in [6, 6.07) is 6.05. The molecule has 0 amide bonds. The molecule has 1 aromatic heterocycles. The minimum absolute atomic E-state index is 0.0205. The highest BCUT2D eigenvalue weighted by molar-refractivity contribution is 7.90. The van der Waals surface area contributed by atoms with E-state index in [1.807, 2.05) is 0 Å². The van der Waals surface area contributed by atoms with Gasteiger partial charge in [-0.15, -0.1) is 10.2 Å². The first-order valence-corrected chi connectivity index (χ1v) is 7.30. The van der Waals surface area contributed by atoms with E-state index in [0.717, 1.165) is 18.4 Å². The minimum Gasteiger partial charge on any atom is -0.478 e. The Bertz CT molecular complexity index is 777. The smallest absolute Gasteiger partial charge is 0.328 e. The van der Waals surface area contributed by atoms with Crippen LogP contribution in [-0.4, -0.2) is 35.9 Å². The molecule has 2 aromatic rings. The SMILES string of the molecule is CS(=O)(=O)c1cccc(-c2nnc(/C=C/C(=O)O)o2)c1. The Hall–Kier alpha value is -2.48. The van der Waals surface area contributed by atoms with E-state index in [2.05, 4.69) is 10.2 Å². The van der Waals surface area contributed by atoms with Gasteiger partial charge >= 0.3 is 5.97 Å². The molecule has 8 heteroatoms. The molecule has 1 heterocycles. The first-order valence-electron chi connectivity index (χ1n) is 5.41. The molecule has 0 saturated heterocycles. The first-order chi connectivity index (χ1) is 9.36. The highest BCUT2D eigenvalue weighted by Gasteiger charge is 2.12. The Kier molecular flexibility index (Phi) is 3.66. The van der Waals surface area contributed by atoms with Crippen molar-refractivity contribution in [2.45, 2.75) is 4.90 Å². The number of nitrogens with zero attached hydrogens (tertiary/aromatic N) is 2. The highest BCUT2D eigenvalue weighted by atomic mass is 32.2. The predicted molar refractivity (Wildman–Crippen MR) is 69.5 cm³/mol. The lowest BCUT2D eigenvalue weighted by atomic mass is 10.2. The third-order valence-electron chi connectivity index (χ3n) is 2.32. The molecule has 2 rings (SSSR count). The van der Waals surface area contributed by atoms with Crippen LogP contribution in [0.2, 0.25) is 0 Å². The van der Waals surface area contributed by atoms with Crippen molar-refractivity contribution in [3.63, 3.8) is 0 Å². The summed E-state index contributed by atoms with van der Waals surface area (Å²) in [6.07, 6.45) is 3.12. The van der Waals surface area contributed by atoms with Crippen LogP contribution in [0.4, 0.5) is 0 Å². The lowest BCUT2D eigenvalue weighted by Crippen LogP contribution is -1.96. The third kappa shape index (κ3) is 3.29. The van der Waals surface area contributed by atoms with Crippen LogP contribution in [0.5, 0.6) is 0 Å². The van der Waals surface area contributed by atoms with Gasteiger partial charge in [0.1, 0.15) is 0 Å². The van der Waals surface area contributed by atoms with Crippen molar-refractivity contribution >= 4 is 21.9 Å². The molecule has 0 atom stereocenters. The number of benzene rings is 1. The molecule has 0 radical (unpaired) electrons. The van der Waals surface area contributed by atoms with Gasteiger partial charge < -0.3 is 9.52 Å². The normalized spacial score (nSPS) is 11.8. The van der Waals surface area contributed by atoms with E-state index >= 15 is 0 Å². The molecule has 0 unspecified atom stereocenters. The van der Waals surface area contributed by atoms with E-state index in [0.29, 0.717) is 5.56 Å². The zero-order chi connectivity index (χ0) is 14.8. The standard InChI is InChI=1S/C12H10N2O5S/c1-20(17,18)9-4-2-3-8(7-9)12-14-13-10(19-12)5-6-11(15)16/h2-7H,1H3,(H,15,16)/b6-5+. The number of hydrogen-bond acceptors (Lipinski definition) is 6. The van der Waals surface area contributed by atoms with E-state index in [1.54, 1.807) is 12.1 Å². The van der Waals surface area contributed by atoms with E-state index in [1.165, 1.54) is 12.1 Å². The quantitative estimate of drug-likeness (QED) is 0.844. The van der Waals surface area contributed by atoms with Gasteiger partial charge in [-0.1, -0.05) is 6.07 Å². The number of rotatable bonds is 4. The molecular formula is C12H10N2O5S. The zero-order valence-electron chi connectivity index (χ0n) is 10.3. The fraction of sp³-hybridized carbons (Fsp3) is 0.0833. The summed E-state index contributed by atoms with van der Waals surface area (Å²) < 4.78 is 28.1. The third-order valence-corrected chi connectivity index (χ3v) is 3.43. The topological polar surface area (TPSA) is 110 Å². The number of sulfone groups is 1. The van der Waals surface area contributed by atoms with Crippen molar-refractivity contribution in [3.8, 4) is 11.5 Å². The van der Waals surface area contributed by atoms with Crippen molar-refractivity contribution in [1.82, 2.24) is 10.2 Å². The number of carboxylic acid groups (broad SMARTS) is 1. The Morgan fingerprint density at radius 3 is 2.75 bits per heavy atom. The second kappa shape index (κ2) is 5.25. The summed E-state index contributed by atoms with van der Waals surface area (Å²) in [6.45, 7) is 0. The van der Waals surface area contributed by atoms with Crippen LogP contribution in [0.15, 0.2) is 39.7 Å². The molecule has 0 saturated carbocycles. The van der Waals surface area contributed by atoms with Crippen LogP contribution in [0.25, 0.3) is 17.5 Å². The van der Waals surface area contributed by atoms with Crippen molar-refractivity contribution in [2.75, 3.05) is 6.26 Å². The van der Waals surface area contributed by atoms with Crippen molar-refractivity contribution in [3.05, 3.63) is 36.2 Å². The van der Waals surface area contributed by atoms with Crippen LogP contribution in [0.3, 0.4) is 0 Å². The maximum atomic E-state index is 11.5. The van der Waals surface area contributed by atoms with Gasteiger partial charge in [0.2, 0.25) is 11.8 Å². The average molecular weight is 294 g/mol. The Labute approximate surface area is 114 Å². The number of aromatic nitrogens is 2. The number of hydrogen-bond donors (Lipinski definition) is 1. The first kappa shape index (κ1) is 13.9. The second-order valence-electron chi connectivity index (χ2n) is 3.92. The molecule has 20 heavy (non-hydrogen) atoms. The zero-order valence-corrected chi connectivity index (χ0v) is 11.2.